The Morgan fingerprint density at radius 2 is 0.979 bits per heavy atom. The van der Waals surface area contributed by atoms with Crippen molar-refractivity contribution in [1.82, 2.24) is 19.9 Å². The molecule has 0 saturated carbocycles. The first kappa shape index (κ1) is 29.9. The van der Waals surface area contributed by atoms with Crippen LogP contribution in [-0.4, -0.2) is 19.9 Å². The fourth-order valence-electron chi connectivity index (χ4n) is 6.60. The van der Waals surface area contributed by atoms with Crippen molar-refractivity contribution in [2.24, 2.45) is 0 Å². The number of benzene rings is 6. The minimum atomic E-state index is -0.206. The van der Waals surface area contributed by atoms with Crippen molar-refractivity contribution < 1.29 is 0 Å². The molecule has 0 bridgehead atoms. The third kappa shape index (κ3) is 5.09. The molecule has 0 aliphatic carbocycles. The fraction of sp³-hybridized carbons (Fsp3) is 0.182. The molecule has 8 rings (SSSR count). The molecule has 0 radical (unpaired) electrons. The number of fused-ring (bicyclic) bond motifs is 6. The molecular formula is C44H38N4. The zero-order valence-corrected chi connectivity index (χ0v) is 28.3. The Morgan fingerprint density at radius 3 is 1.69 bits per heavy atom. The van der Waals surface area contributed by atoms with Crippen LogP contribution in [0, 0.1) is 0 Å². The summed E-state index contributed by atoms with van der Waals surface area (Å²) in [6.45, 7) is 13.1. The van der Waals surface area contributed by atoms with Crippen molar-refractivity contribution in [1.29, 1.82) is 0 Å². The van der Waals surface area contributed by atoms with Crippen LogP contribution < -0.4 is 0 Å². The molecule has 0 aliphatic rings. The number of aromatic nitrogens is 4. The first-order valence-corrected chi connectivity index (χ1v) is 16.7. The van der Waals surface area contributed by atoms with Gasteiger partial charge in [-0.05, 0) is 39.4 Å². The van der Waals surface area contributed by atoms with E-state index in [0.717, 1.165) is 77.9 Å². The first-order valence-electron chi connectivity index (χ1n) is 16.7. The van der Waals surface area contributed by atoms with E-state index in [1.165, 1.54) is 10.8 Å². The standard InChI is InChI=1S/C44H38N4/c1-43(2,3)41-45-36-26-35(32-18-12-13-19-33(32)37(36)39(47-41)29-15-8-7-9-16-29)28-20-22-30(23-21-28)38-34-25-24-27-14-10-11-17-31(27)40(34)48-42(46-38)44(4,5)6/h7-26H,1-6H3. The SMILES string of the molecule is CC(C)(C)c1nc(-c2ccccc2)c2c(cc(-c3ccc(-c4nc(C(C)(C)C)nc5c4ccc4ccccc45)cc3)c3ccccc32)n1. The second-order valence-electron chi connectivity index (χ2n) is 14.8. The van der Waals surface area contributed by atoms with Gasteiger partial charge < -0.3 is 0 Å². The first-order chi connectivity index (χ1) is 23.1. The molecule has 0 aliphatic heterocycles. The van der Waals surface area contributed by atoms with Crippen LogP contribution in [0.2, 0.25) is 0 Å². The van der Waals surface area contributed by atoms with Gasteiger partial charge in [0, 0.05) is 38.1 Å². The maximum atomic E-state index is 5.20. The van der Waals surface area contributed by atoms with Crippen LogP contribution in [-0.2, 0) is 10.8 Å². The summed E-state index contributed by atoms with van der Waals surface area (Å²) in [5.74, 6) is 1.68. The highest BCUT2D eigenvalue weighted by atomic mass is 14.9. The van der Waals surface area contributed by atoms with Gasteiger partial charge in [0.2, 0.25) is 0 Å². The Balaban J connectivity index is 1.34. The minimum Gasteiger partial charge on any atom is -0.232 e. The summed E-state index contributed by atoms with van der Waals surface area (Å²) in [4.78, 5) is 20.7. The van der Waals surface area contributed by atoms with Gasteiger partial charge in [-0.25, -0.2) is 19.9 Å². The monoisotopic (exact) mass is 622 g/mol. The van der Waals surface area contributed by atoms with Crippen LogP contribution in [0.5, 0.6) is 0 Å². The quantitative estimate of drug-likeness (QED) is 0.184. The Hall–Kier alpha value is -5.48. The van der Waals surface area contributed by atoms with Crippen molar-refractivity contribution in [3.63, 3.8) is 0 Å². The summed E-state index contributed by atoms with van der Waals surface area (Å²) in [5, 5.41) is 6.80. The molecule has 0 atom stereocenters. The van der Waals surface area contributed by atoms with Crippen LogP contribution in [0.25, 0.3) is 77.0 Å². The van der Waals surface area contributed by atoms with Crippen LogP contribution in [0.4, 0.5) is 0 Å². The van der Waals surface area contributed by atoms with Crippen molar-refractivity contribution in [3.8, 4) is 33.6 Å². The lowest BCUT2D eigenvalue weighted by atomic mass is 9.90. The summed E-state index contributed by atoms with van der Waals surface area (Å²) in [5.41, 5.74) is 7.93. The Morgan fingerprint density at radius 1 is 0.417 bits per heavy atom. The number of hydrogen-bond donors (Lipinski definition) is 0. The average Bonchev–Trinajstić information content (AvgIpc) is 3.10. The second kappa shape index (κ2) is 11.1. The lowest BCUT2D eigenvalue weighted by Gasteiger charge is -2.21. The molecule has 48 heavy (non-hydrogen) atoms. The molecule has 0 amide bonds. The maximum Gasteiger partial charge on any atom is 0.135 e. The Labute approximate surface area is 281 Å². The van der Waals surface area contributed by atoms with Gasteiger partial charge in [0.1, 0.15) is 11.6 Å². The van der Waals surface area contributed by atoms with Crippen molar-refractivity contribution in [3.05, 3.63) is 133 Å². The third-order valence-corrected chi connectivity index (χ3v) is 9.15. The van der Waals surface area contributed by atoms with Crippen molar-refractivity contribution >= 4 is 43.4 Å². The Bertz CT molecular complexity index is 2500. The molecule has 6 aromatic carbocycles. The molecule has 0 fully saturated rings. The van der Waals surface area contributed by atoms with Crippen LogP contribution in [0.3, 0.4) is 0 Å². The number of nitrogens with zero attached hydrogens (tertiary/aromatic N) is 4. The largest absolute Gasteiger partial charge is 0.232 e. The summed E-state index contributed by atoms with van der Waals surface area (Å²) in [6, 6.07) is 43.0. The van der Waals surface area contributed by atoms with Gasteiger partial charge >= 0.3 is 0 Å². The highest BCUT2D eigenvalue weighted by Crippen LogP contribution is 2.40. The van der Waals surface area contributed by atoms with Gasteiger partial charge in [0.25, 0.3) is 0 Å². The summed E-state index contributed by atoms with van der Waals surface area (Å²) in [7, 11) is 0. The Kier molecular flexibility index (Phi) is 6.89. The third-order valence-electron chi connectivity index (χ3n) is 9.15. The second-order valence-corrected chi connectivity index (χ2v) is 14.8. The molecule has 4 heteroatoms. The molecule has 0 N–H and O–H groups in total. The molecule has 4 nitrogen and oxygen atoms in total. The van der Waals surface area contributed by atoms with Crippen molar-refractivity contribution in [2.75, 3.05) is 0 Å². The molecule has 2 heterocycles. The molecule has 0 saturated heterocycles. The molecule has 8 aromatic rings. The van der Waals surface area contributed by atoms with E-state index in [4.69, 9.17) is 19.9 Å². The van der Waals surface area contributed by atoms with Gasteiger partial charge in [-0.15, -0.1) is 0 Å². The highest BCUT2D eigenvalue weighted by Gasteiger charge is 2.24. The van der Waals surface area contributed by atoms with Gasteiger partial charge in [-0.1, -0.05) is 151 Å². The number of hydrogen-bond acceptors (Lipinski definition) is 4. The predicted octanol–water partition coefficient (Wildman–Crippen LogP) is 11.5. The zero-order chi connectivity index (χ0) is 33.2. The van der Waals surface area contributed by atoms with E-state index in [1.54, 1.807) is 0 Å². The lowest BCUT2D eigenvalue weighted by molar-refractivity contribution is 0.549. The average molecular weight is 623 g/mol. The van der Waals surface area contributed by atoms with Gasteiger partial charge in [-0.2, -0.15) is 0 Å². The smallest absolute Gasteiger partial charge is 0.135 e. The molecule has 0 unspecified atom stereocenters. The van der Waals surface area contributed by atoms with E-state index in [9.17, 15) is 0 Å². The van der Waals surface area contributed by atoms with Crippen LogP contribution >= 0.6 is 0 Å². The van der Waals surface area contributed by atoms with Gasteiger partial charge in [-0.3, -0.25) is 0 Å². The van der Waals surface area contributed by atoms with E-state index in [-0.39, 0.29) is 10.8 Å². The van der Waals surface area contributed by atoms with Gasteiger partial charge in [0.15, 0.2) is 0 Å². The van der Waals surface area contributed by atoms with E-state index in [1.807, 2.05) is 6.07 Å². The fourth-order valence-corrected chi connectivity index (χ4v) is 6.60. The van der Waals surface area contributed by atoms with E-state index in [2.05, 4.69) is 157 Å². The molecular weight excluding hydrogens is 585 g/mol. The normalized spacial score (nSPS) is 12.4. The molecule has 0 spiro atoms. The predicted molar refractivity (Wildman–Crippen MR) is 201 cm³/mol. The van der Waals surface area contributed by atoms with Crippen LogP contribution in [0.1, 0.15) is 53.2 Å². The summed E-state index contributed by atoms with van der Waals surface area (Å²) < 4.78 is 0. The highest BCUT2D eigenvalue weighted by molar-refractivity contribution is 6.17. The molecule has 234 valence electrons. The summed E-state index contributed by atoms with van der Waals surface area (Å²) in [6.07, 6.45) is 0. The molecule has 2 aromatic heterocycles. The van der Waals surface area contributed by atoms with E-state index in [0.29, 0.717) is 0 Å². The topological polar surface area (TPSA) is 51.6 Å². The number of rotatable bonds is 3. The lowest BCUT2D eigenvalue weighted by Crippen LogP contribution is -2.16. The van der Waals surface area contributed by atoms with E-state index < -0.39 is 0 Å². The maximum absolute atomic E-state index is 5.20. The minimum absolute atomic E-state index is 0.198. The van der Waals surface area contributed by atoms with Gasteiger partial charge in [0.05, 0.1) is 22.4 Å². The van der Waals surface area contributed by atoms with Crippen molar-refractivity contribution in [2.45, 2.75) is 52.4 Å². The van der Waals surface area contributed by atoms with E-state index >= 15 is 0 Å². The van der Waals surface area contributed by atoms with Crippen LogP contribution in [0.15, 0.2) is 121 Å². The summed E-state index contributed by atoms with van der Waals surface area (Å²) >= 11 is 0. The zero-order valence-electron chi connectivity index (χ0n) is 28.3.